The van der Waals surface area contributed by atoms with E-state index in [9.17, 15) is 9.59 Å². The van der Waals surface area contributed by atoms with E-state index in [1.807, 2.05) is 31.2 Å². The van der Waals surface area contributed by atoms with Crippen LogP contribution in [0, 0.1) is 6.92 Å². The first-order valence-electron chi connectivity index (χ1n) is 5.55. The molecular weight excluding hydrogens is 236 g/mol. The Balaban J connectivity index is 1.97. The molecule has 6 heteroatoms. The first kappa shape index (κ1) is 12.4. The van der Waals surface area contributed by atoms with Crippen LogP contribution in [0.2, 0.25) is 0 Å². The third kappa shape index (κ3) is 2.78. The van der Waals surface area contributed by atoms with E-state index in [1.54, 1.807) is 0 Å². The van der Waals surface area contributed by atoms with Gasteiger partial charge in [-0.15, -0.1) is 0 Å². The Morgan fingerprint density at radius 2 is 2.17 bits per heavy atom. The molecule has 1 saturated heterocycles. The summed E-state index contributed by atoms with van der Waals surface area (Å²) in [4.78, 5) is 27.4. The number of hydroxylamine groups is 2. The Bertz CT molecular complexity index is 458. The number of rotatable bonds is 3. The number of benzene rings is 1. The molecule has 0 aliphatic carbocycles. The van der Waals surface area contributed by atoms with E-state index in [2.05, 4.69) is 5.32 Å². The van der Waals surface area contributed by atoms with E-state index < -0.39 is 12.1 Å². The molecule has 1 aromatic rings. The molecule has 2 amide bonds. The molecule has 1 aromatic carbocycles. The fourth-order valence-electron chi connectivity index (χ4n) is 1.71. The van der Waals surface area contributed by atoms with E-state index in [0.717, 1.165) is 11.1 Å². The standard InChI is InChI=1S/C12H14N2O4/c1-8-2-4-9(5-3-8)6-14-11(15)10(7-18-14)13-12(16)17/h2-5,10,13H,6-7H2,1H3,(H,16,17). The molecule has 96 valence electrons. The first-order valence-corrected chi connectivity index (χ1v) is 5.55. The molecule has 2 rings (SSSR count). The van der Waals surface area contributed by atoms with Gasteiger partial charge in [-0.3, -0.25) is 9.63 Å². The monoisotopic (exact) mass is 250 g/mol. The number of amides is 2. The largest absolute Gasteiger partial charge is 0.465 e. The Labute approximate surface area is 104 Å². The minimum atomic E-state index is -1.23. The zero-order chi connectivity index (χ0) is 13.1. The molecule has 6 nitrogen and oxygen atoms in total. The van der Waals surface area contributed by atoms with Crippen LogP contribution >= 0.6 is 0 Å². The number of hydrogen-bond acceptors (Lipinski definition) is 3. The molecule has 2 N–H and O–H groups in total. The van der Waals surface area contributed by atoms with Crippen molar-refractivity contribution in [1.82, 2.24) is 10.4 Å². The minimum absolute atomic E-state index is 0.0387. The van der Waals surface area contributed by atoms with Gasteiger partial charge in [0.15, 0.2) is 0 Å². The Hall–Kier alpha value is -2.08. The van der Waals surface area contributed by atoms with Crippen molar-refractivity contribution in [3.8, 4) is 0 Å². The third-order valence-electron chi connectivity index (χ3n) is 2.69. The van der Waals surface area contributed by atoms with Gasteiger partial charge < -0.3 is 10.4 Å². The van der Waals surface area contributed by atoms with Gasteiger partial charge in [0.05, 0.1) is 6.54 Å². The van der Waals surface area contributed by atoms with Crippen molar-refractivity contribution in [2.45, 2.75) is 19.5 Å². The maximum Gasteiger partial charge on any atom is 0.405 e. The number of carboxylic acid groups (broad SMARTS) is 1. The van der Waals surface area contributed by atoms with Crippen LogP contribution in [0.4, 0.5) is 4.79 Å². The van der Waals surface area contributed by atoms with E-state index in [0.29, 0.717) is 6.54 Å². The number of nitrogens with one attached hydrogen (secondary N) is 1. The average molecular weight is 250 g/mol. The van der Waals surface area contributed by atoms with Crippen LogP contribution in [-0.4, -0.2) is 34.8 Å². The van der Waals surface area contributed by atoms with Gasteiger partial charge in [-0.1, -0.05) is 29.8 Å². The van der Waals surface area contributed by atoms with Crippen molar-refractivity contribution in [2.24, 2.45) is 0 Å². The number of carbonyl (C=O) groups excluding carboxylic acids is 1. The van der Waals surface area contributed by atoms with Crippen molar-refractivity contribution < 1.29 is 19.5 Å². The van der Waals surface area contributed by atoms with Crippen LogP contribution in [0.5, 0.6) is 0 Å². The molecule has 18 heavy (non-hydrogen) atoms. The predicted octanol–water partition coefficient (Wildman–Crippen LogP) is 0.905. The molecule has 1 unspecified atom stereocenters. The summed E-state index contributed by atoms with van der Waals surface area (Å²) in [5, 5.41) is 11.9. The lowest BCUT2D eigenvalue weighted by Crippen LogP contribution is -2.41. The molecule has 1 heterocycles. The molecule has 1 aliphatic rings. The molecule has 1 aliphatic heterocycles. The molecule has 0 aromatic heterocycles. The molecule has 0 radical (unpaired) electrons. The zero-order valence-corrected chi connectivity index (χ0v) is 9.92. The zero-order valence-electron chi connectivity index (χ0n) is 9.92. The van der Waals surface area contributed by atoms with Gasteiger partial charge in [0.1, 0.15) is 12.6 Å². The van der Waals surface area contributed by atoms with Gasteiger partial charge in [0.25, 0.3) is 5.91 Å². The molecule has 0 spiro atoms. The van der Waals surface area contributed by atoms with E-state index >= 15 is 0 Å². The number of aryl methyl sites for hydroxylation is 1. The van der Waals surface area contributed by atoms with Crippen LogP contribution in [0.25, 0.3) is 0 Å². The fourth-order valence-corrected chi connectivity index (χ4v) is 1.71. The first-order chi connectivity index (χ1) is 8.56. The summed E-state index contributed by atoms with van der Waals surface area (Å²) >= 11 is 0. The molecule has 1 fully saturated rings. The average Bonchev–Trinajstić information content (AvgIpc) is 2.64. The SMILES string of the molecule is Cc1ccc(CN2OCC(NC(=O)O)C2=O)cc1. The minimum Gasteiger partial charge on any atom is -0.465 e. The second-order valence-corrected chi connectivity index (χ2v) is 4.16. The lowest BCUT2D eigenvalue weighted by Gasteiger charge is -2.14. The van der Waals surface area contributed by atoms with Crippen LogP contribution in [0.15, 0.2) is 24.3 Å². The van der Waals surface area contributed by atoms with Crippen molar-refractivity contribution in [3.63, 3.8) is 0 Å². The smallest absolute Gasteiger partial charge is 0.405 e. The lowest BCUT2D eigenvalue weighted by atomic mass is 10.1. The van der Waals surface area contributed by atoms with Crippen molar-refractivity contribution in [3.05, 3.63) is 35.4 Å². The normalized spacial score (nSPS) is 19.1. The summed E-state index contributed by atoms with van der Waals surface area (Å²) in [6, 6.07) is 6.90. The highest BCUT2D eigenvalue weighted by Gasteiger charge is 2.34. The topological polar surface area (TPSA) is 78.9 Å². The van der Waals surface area contributed by atoms with Crippen LogP contribution in [0.1, 0.15) is 11.1 Å². The number of nitrogens with zero attached hydrogens (tertiary/aromatic N) is 1. The van der Waals surface area contributed by atoms with E-state index in [4.69, 9.17) is 9.94 Å². The second kappa shape index (κ2) is 5.05. The lowest BCUT2D eigenvalue weighted by molar-refractivity contribution is -0.164. The Morgan fingerprint density at radius 3 is 2.78 bits per heavy atom. The van der Waals surface area contributed by atoms with Crippen molar-refractivity contribution >= 4 is 12.0 Å². The van der Waals surface area contributed by atoms with Crippen molar-refractivity contribution in [1.29, 1.82) is 0 Å². The van der Waals surface area contributed by atoms with Gasteiger partial charge in [-0.2, -0.15) is 0 Å². The van der Waals surface area contributed by atoms with E-state index in [1.165, 1.54) is 5.06 Å². The molecular formula is C12H14N2O4. The molecule has 0 bridgehead atoms. The van der Waals surface area contributed by atoms with Gasteiger partial charge >= 0.3 is 6.09 Å². The highest BCUT2D eigenvalue weighted by Crippen LogP contribution is 2.13. The summed E-state index contributed by atoms with van der Waals surface area (Å²) in [6.45, 7) is 2.34. The van der Waals surface area contributed by atoms with Crippen LogP contribution < -0.4 is 5.32 Å². The van der Waals surface area contributed by atoms with E-state index in [-0.39, 0.29) is 12.5 Å². The van der Waals surface area contributed by atoms with Crippen LogP contribution in [-0.2, 0) is 16.2 Å². The highest BCUT2D eigenvalue weighted by atomic mass is 16.7. The summed E-state index contributed by atoms with van der Waals surface area (Å²) < 4.78 is 0. The Morgan fingerprint density at radius 1 is 1.50 bits per heavy atom. The second-order valence-electron chi connectivity index (χ2n) is 4.16. The summed E-state index contributed by atoms with van der Waals surface area (Å²) in [7, 11) is 0. The maximum atomic E-state index is 11.8. The van der Waals surface area contributed by atoms with Gasteiger partial charge in [0, 0.05) is 0 Å². The third-order valence-corrected chi connectivity index (χ3v) is 2.69. The Kier molecular flexibility index (Phi) is 3.47. The van der Waals surface area contributed by atoms with Gasteiger partial charge in [-0.05, 0) is 12.5 Å². The number of hydrogen-bond donors (Lipinski definition) is 2. The molecule has 0 saturated carbocycles. The number of carbonyl (C=O) groups is 2. The summed E-state index contributed by atoms with van der Waals surface area (Å²) in [5.41, 5.74) is 2.07. The molecule has 1 atom stereocenters. The summed E-state index contributed by atoms with van der Waals surface area (Å²) in [6.07, 6.45) is -1.23. The summed E-state index contributed by atoms with van der Waals surface area (Å²) in [5.74, 6) is -0.363. The van der Waals surface area contributed by atoms with Gasteiger partial charge in [0.2, 0.25) is 0 Å². The van der Waals surface area contributed by atoms with Crippen molar-refractivity contribution in [2.75, 3.05) is 6.61 Å². The highest BCUT2D eigenvalue weighted by molar-refractivity contribution is 5.85. The maximum absolute atomic E-state index is 11.8. The quantitative estimate of drug-likeness (QED) is 0.835. The predicted molar refractivity (Wildman–Crippen MR) is 62.6 cm³/mol. The fraction of sp³-hybridized carbons (Fsp3) is 0.333. The van der Waals surface area contributed by atoms with Gasteiger partial charge in [-0.25, -0.2) is 9.86 Å². The van der Waals surface area contributed by atoms with Crippen LogP contribution in [0.3, 0.4) is 0 Å².